The first-order valence-electron chi connectivity index (χ1n) is 5.11. The third-order valence-electron chi connectivity index (χ3n) is 1.96. The lowest BCUT2D eigenvalue weighted by molar-refractivity contribution is 0.118. The van der Waals surface area contributed by atoms with E-state index < -0.39 is 0 Å². The first-order chi connectivity index (χ1) is 6.83. The molecule has 0 unspecified atom stereocenters. The molecule has 0 aliphatic heterocycles. The number of thiazole rings is 1. The fourth-order valence-electron chi connectivity index (χ4n) is 1.19. The Morgan fingerprint density at radius 1 is 1.43 bits per heavy atom. The predicted molar refractivity (Wildman–Crippen MR) is 60.3 cm³/mol. The summed E-state index contributed by atoms with van der Waals surface area (Å²) in [5.41, 5.74) is 5.50. The van der Waals surface area contributed by atoms with Gasteiger partial charge in [0.2, 0.25) is 0 Å². The fourth-order valence-corrected chi connectivity index (χ4v) is 1.81. The van der Waals surface area contributed by atoms with Crippen LogP contribution in [0, 0.1) is 0 Å². The van der Waals surface area contributed by atoms with Crippen molar-refractivity contribution < 1.29 is 4.74 Å². The molecular weight excluding hydrogens is 196 g/mol. The number of rotatable bonds is 7. The highest BCUT2D eigenvalue weighted by Gasteiger charge is 1.97. The number of hydrogen-bond acceptors (Lipinski definition) is 4. The molecule has 0 bridgehead atoms. The molecule has 0 atom stereocenters. The zero-order valence-electron chi connectivity index (χ0n) is 8.66. The summed E-state index contributed by atoms with van der Waals surface area (Å²) in [6, 6.07) is 0. The second-order valence-corrected chi connectivity index (χ2v) is 4.42. The quantitative estimate of drug-likeness (QED) is 0.710. The van der Waals surface area contributed by atoms with Crippen molar-refractivity contribution in [2.45, 2.75) is 39.2 Å². The number of ether oxygens (including phenoxy) is 1. The summed E-state index contributed by atoms with van der Waals surface area (Å²) < 4.78 is 5.49. The second kappa shape index (κ2) is 6.79. The van der Waals surface area contributed by atoms with E-state index in [4.69, 9.17) is 10.5 Å². The molecule has 80 valence electrons. The zero-order valence-corrected chi connectivity index (χ0v) is 9.48. The Labute approximate surface area is 89.3 Å². The SMILES string of the molecule is CCCCCCOCc1cnc(N)s1. The van der Waals surface area contributed by atoms with Gasteiger partial charge in [0, 0.05) is 12.8 Å². The minimum atomic E-state index is 0.620. The molecule has 1 aromatic rings. The van der Waals surface area contributed by atoms with E-state index in [1.165, 1.54) is 30.6 Å². The maximum atomic E-state index is 5.50. The molecule has 0 aliphatic carbocycles. The number of unbranched alkanes of at least 4 members (excludes halogenated alkanes) is 3. The first kappa shape index (κ1) is 11.5. The fraction of sp³-hybridized carbons (Fsp3) is 0.700. The Hall–Kier alpha value is -0.610. The minimum absolute atomic E-state index is 0.620. The maximum Gasteiger partial charge on any atom is 0.180 e. The van der Waals surface area contributed by atoms with Gasteiger partial charge in [-0.05, 0) is 6.42 Å². The van der Waals surface area contributed by atoms with Gasteiger partial charge in [-0.15, -0.1) is 0 Å². The van der Waals surface area contributed by atoms with E-state index >= 15 is 0 Å². The normalized spacial score (nSPS) is 10.6. The lowest BCUT2D eigenvalue weighted by Gasteiger charge is -2.01. The molecule has 1 rings (SSSR count). The highest BCUT2D eigenvalue weighted by molar-refractivity contribution is 7.15. The Morgan fingerprint density at radius 2 is 2.29 bits per heavy atom. The first-order valence-corrected chi connectivity index (χ1v) is 5.92. The average molecular weight is 214 g/mol. The number of nitrogens with two attached hydrogens (primary N) is 1. The molecule has 0 saturated heterocycles. The average Bonchev–Trinajstić information content (AvgIpc) is 2.58. The standard InChI is InChI=1S/C10H18N2OS/c1-2-3-4-5-6-13-8-9-7-12-10(11)14-9/h7H,2-6,8H2,1H3,(H2,11,12). The Morgan fingerprint density at radius 3 is 2.93 bits per heavy atom. The third kappa shape index (κ3) is 4.58. The summed E-state index contributed by atoms with van der Waals surface area (Å²) in [7, 11) is 0. The van der Waals surface area contributed by atoms with Crippen molar-refractivity contribution in [2.75, 3.05) is 12.3 Å². The van der Waals surface area contributed by atoms with E-state index in [-0.39, 0.29) is 0 Å². The van der Waals surface area contributed by atoms with Gasteiger partial charge in [-0.3, -0.25) is 0 Å². The second-order valence-electron chi connectivity index (χ2n) is 3.28. The van der Waals surface area contributed by atoms with Gasteiger partial charge < -0.3 is 10.5 Å². The van der Waals surface area contributed by atoms with E-state index in [0.717, 1.165) is 17.9 Å². The van der Waals surface area contributed by atoms with E-state index in [2.05, 4.69) is 11.9 Å². The van der Waals surface area contributed by atoms with Gasteiger partial charge >= 0.3 is 0 Å². The predicted octanol–water partition coefficient (Wildman–Crippen LogP) is 2.82. The van der Waals surface area contributed by atoms with Crippen molar-refractivity contribution >= 4 is 16.5 Å². The molecule has 0 spiro atoms. The summed E-state index contributed by atoms with van der Waals surface area (Å²) in [5, 5.41) is 0.620. The molecule has 0 aliphatic rings. The molecule has 2 N–H and O–H groups in total. The van der Waals surface area contributed by atoms with Crippen molar-refractivity contribution in [3.8, 4) is 0 Å². The Balaban J connectivity index is 1.99. The highest BCUT2D eigenvalue weighted by atomic mass is 32.1. The van der Waals surface area contributed by atoms with E-state index in [9.17, 15) is 0 Å². The van der Waals surface area contributed by atoms with Gasteiger partial charge in [-0.1, -0.05) is 37.5 Å². The van der Waals surface area contributed by atoms with Crippen molar-refractivity contribution in [1.29, 1.82) is 0 Å². The van der Waals surface area contributed by atoms with Crippen LogP contribution in [-0.4, -0.2) is 11.6 Å². The van der Waals surface area contributed by atoms with E-state index in [1.807, 2.05) is 0 Å². The van der Waals surface area contributed by atoms with Crippen LogP contribution in [0.5, 0.6) is 0 Å². The summed E-state index contributed by atoms with van der Waals surface area (Å²) in [5.74, 6) is 0. The summed E-state index contributed by atoms with van der Waals surface area (Å²) in [6.45, 7) is 3.71. The van der Waals surface area contributed by atoms with Gasteiger partial charge in [-0.25, -0.2) is 4.98 Å². The topological polar surface area (TPSA) is 48.1 Å². The number of nitrogen functional groups attached to an aromatic ring is 1. The Kier molecular flexibility index (Phi) is 5.56. The molecule has 4 heteroatoms. The van der Waals surface area contributed by atoms with Gasteiger partial charge in [0.1, 0.15) is 0 Å². The summed E-state index contributed by atoms with van der Waals surface area (Å²) in [6.07, 6.45) is 6.78. The highest BCUT2D eigenvalue weighted by Crippen LogP contribution is 2.15. The monoisotopic (exact) mass is 214 g/mol. The van der Waals surface area contributed by atoms with Gasteiger partial charge in [-0.2, -0.15) is 0 Å². The van der Waals surface area contributed by atoms with Crippen LogP contribution < -0.4 is 5.73 Å². The van der Waals surface area contributed by atoms with Crippen LogP contribution in [0.25, 0.3) is 0 Å². The van der Waals surface area contributed by atoms with Crippen LogP contribution >= 0.6 is 11.3 Å². The van der Waals surface area contributed by atoms with Crippen LogP contribution in [0.2, 0.25) is 0 Å². The zero-order chi connectivity index (χ0) is 10.2. The molecule has 0 amide bonds. The number of anilines is 1. The van der Waals surface area contributed by atoms with Crippen LogP contribution in [0.3, 0.4) is 0 Å². The summed E-state index contributed by atoms with van der Waals surface area (Å²) in [4.78, 5) is 5.07. The van der Waals surface area contributed by atoms with Crippen molar-refractivity contribution in [3.63, 3.8) is 0 Å². The molecule has 1 aromatic heterocycles. The van der Waals surface area contributed by atoms with E-state index in [1.54, 1.807) is 6.20 Å². The van der Waals surface area contributed by atoms with E-state index in [0.29, 0.717) is 11.7 Å². The largest absolute Gasteiger partial charge is 0.376 e. The van der Waals surface area contributed by atoms with Gasteiger partial charge in [0.05, 0.1) is 11.5 Å². The molecule has 0 aromatic carbocycles. The van der Waals surface area contributed by atoms with Crippen LogP contribution in [0.4, 0.5) is 5.13 Å². The molecule has 0 saturated carbocycles. The van der Waals surface area contributed by atoms with Gasteiger partial charge in [0.15, 0.2) is 5.13 Å². The maximum absolute atomic E-state index is 5.50. The van der Waals surface area contributed by atoms with Crippen LogP contribution in [-0.2, 0) is 11.3 Å². The van der Waals surface area contributed by atoms with Crippen LogP contribution in [0.1, 0.15) is 37.5 Å². The minimum Gasteiger partial charge on any atom is -0.376 e. The molecule has 0 radical (unpaired) electrons. The number of aromatic nitrogens is 1. The number of nitrogens with zero attached hydrogens (tertiary/aromatic N) is 1. The van der Waals surface area contributed by atoms with Gasteiger partial charge in [0.25, 0.3) is 0 Å². The van der Waals surface area contributed by atoms with Crippen molar-refractivity contribution in [3.05, 3.63) is 11.1 Å². The number of hydrogen-bond donors (Lipinski definition) is 1. The van der Waals surface area contributed by atoms with Crippen molar-refractivity contribution in [1.82, 2.24) is 4.98 Å². The third-order valence-corrected chi connectivity index (χ3v) is 2.76. The lowest BCUT2D eigenvalue weighted by Crippen LogP contribution is -1.93. The molecule has 0 fully saturated rings. The van der Waals surface area contributed by atoms with Crippen LogP contribution in [0.15, 0.2) is 6.20 Å². The molecule has 1 heterocycles. The Bertz CT molecular complexity index is 250. The molecule has 3 nitrogen and oxygen atoms in total. The molecule has 14 heavy (non-hydrogen) atoms. The summed E-state index contributed by atoms with van der Waals surface area (Å²) >= 11 is 1.50. The van der Waals surface area contributed by atoms with Crippen molar-refractivity contribution in [2.24, 2.45) is 0 Å². The lowest BCUT2D eigenvalue weighted by atomic mass is 10.2. The smallest absolute Gasteiger partial charge is 0.180 e. The molecular formula is C10H18N2OS.